The van der Waals surface area contributed by atoms with Gasteiger partial charge in [0, 0.05) is 32.1 Å². The van der Waals surface area contributed by atoms with E-state index in [4.69, 9.17) is 5.73 Å². The summed E-state index contributed by atoms with van der Waals surface area (Å²) in [6.07, 6.45) is 3.16. The van der Waals surface area contributed by atoms with Crippen LogP contribution in [0, 0.1) is 0 Å². The number of carbonyl (C=O) groups is 2. The average molecular weight is 223 g/mol. The molecule has 2 amide bonds. The Morgan fingerprint density at radius 2 is 2.12 bits per heavy atom. The Hall–Kier alpha value is -1.10. The topological polar surface area (TPSA) is 66.6 Å². The summed E-state index contributed by atoms with van der Waals surface area (Å²) < 4.78 is 0. The van der Waals surface area contributed by atoms with Gasteiger partial charge in [0.2, 0.25) is 11.8 Å². The monoisotopic (exact) mass is 223 g/mol. The molecule has 3 rings (SSSR count). The molecule has 2 heterocycles. The number of nitrogens with two attached hydrogens (primary N) is 1. The molecule has 5 nitrogen and oxygen atoms in total. The highest BCUT2D eigenvalue weighted by molar-refractivity contribution is 5.89. The van der Waals surface area contributed by atoms with E-state index in [-0.39, 0.29) is 17.9 Å². The number of hydrogen-bond donors (Lipinski definition) is 1. The lowest BCUT2D eigenvalue weighted by atomic mass is 10.1. The molecule has 1 unspecified atom stereocenters. The van der Waals surface area contributed by atoms with Gasteiger partial charge >= 0.3 is 0 Å². The summed E-state index contributed by atoms with van der Waals surface area (Å²) in [5.41, 5.74) is 5.35. The number of fused-ring (bicyclic) bond motifs is 1. The van der Waals surface area contributed by atoms with E-state index in [0.29, 0.717) is 26.1 Å². The fraction of sp³-hybridized carbons (Fsp3) is 0.818. The first-order valence-corrected chi connectivity index (χ1v) is 5.98. The molecule has 1 atom stereocenters. The molecule has 2 saturated heterocycles. The largest absolute Gasteiger partial charge is 0.337 e. The predicted molar refractivity (Wildman–Crippen MR) is 57.5 cm³/mol. The molecule has 3 aliphatic rings. The summed E-state index contributed by atoms with van der Waals surface area (Å²) in [7, 11) is 0. The normalized spacial score (nSPS) is 31.6. The highest BCUT2D eigenvalue weighted by atomic mass is 16.2. The van der Waals surface area contributed by atoms with Gasteiger partial charge in [-0.25, -0.2) is 0 Å². The molecule has 2 aliphatic heterocycles. The van der Waals surface area contributed by atoms with Crippen LogP contribution in [0.2, 0.25) is 0 Å². The lowest BCUT2D eigenvalue weighted by Crippen LogP contribution is -2.57. The summed E-state index contributed by atoms with van der Waals surface area (Å²) in [4.78, 5) is 27.3. The second kappa shape index (κ2) is 3.20. The minimum absolute atomic E-state index is 0.0894. The van der Waals surface area contributed by atoms with Crippen LogP contribution in [0.25, 0.3) is 0 Å². The second-order valence-corrected chi connectivity index (χ2v) is 5.19. The predicted octanol–water partition coefficient (Wildman–Crippen LogP) is -0.689. The molecule has 0 radical (unpaired) electrons. The molecule has 1 aliphatic carbocycles. The molecule has 0 spiro atoms. The number of amides is 2. The number of hydrogen-bond acceptors (Lipinski definition) is 3. The highest BCUT2D eigenvalue weighted by Crippen LogP contribution is 2.35. The van der Waals surface area contributed by atoms with E-state index in [1.807, 2.05) is 9.80 Å². The lowest BCUT2D eigenvalue weighted by Gasteiger charge is -2.38. The lowest BCUT2D eigenvalue weighted by molar-refractivity contribution is -0.140. The molecule has 2 N–H and O–H groups in total. The summed E-state index contributed by atoms with van der Waals surface area (Å²) >= 11 is 0. The molecule has 0 aromatic rings. The maximum Gasteiger partial charge on any atom is 0.242 e. The van der Waals surface area contributed by atoms with Crippen LogP contribution in [-0.4, -0.2) is 52.8 Å². The van der Waals surface area contributed by atoms with Crippen molar-refractivity contribution in [1.29, 1.82) is 0 Å². The third kappa shape index (κ3) is 1.42. The van der Waals surface area contributed by atoms with Crippen LogP contribution in [0.5, 0.6) is 0 Å². The zero-order valence-electron chi connectivity index (χ0n) is 9.32. The van der Waals surface area contributed by atoms with Crippen molar-refractivity contribution in [3.8, 4) is 0 Å². The van der Waals surface area contributed by atoms with Gasteiger partial charge in [0.05, 0.1) is 5.54 Å². The van der Waals surface area contributed by atoms with Crippen molar-refractivity contribution in [2.75, 3.05) is 19.6 Å². The Balaban J connectivity index is 1.68. The van der Waals surface area contributed by atoms with Crippen molar-refractivity contribution in [1.82, 2.24) is 9.80 Å². The Bertz CT molecular complexity index is 351. The number of nitrogens with zero attached hydrogens (tertiary/aromatic N) is 2. The second-order valence-electron chi connectivity index (χ2n) is 5.19. The van der Waals surface area contributed by atoms with E-state index in [9.17, 15) is 9.59 Å². The Morgan fingerprint density at radius 3 is 2.81 bits per heavy atom. The van der Waals surface area contributed by atoms with Crippen LogP contribution in [0.1, 0.15) is 25.7 Å². The Morgan fingerprint density at radius 1 is 1.38 bits per heavy atom. The Labute approximate surface area is 94.6 Å². The standard InChI is InChI=1S/C11H17N3O2/c12-11(3-4-11)10(16)13-5-6-14-8(7-13)1-2-9(14)15/h8H,1-7,12H2. The van der Waals surface area contributed by atoms with Gasteiger partial charge in [-0.2, -0.15) is 0 Å². The fourth-order valence-corrected chi connectivity index (χ4v) is 2.71. The van der Waals surface area contributed by atoms with E-state index in [1.54, 1.807) is 0 Å². The van der Waals surface area contributed by atoms with Crippen LogP contribution in [0.4, 0.5) is 0 Å². The number of piperazine rings is 1. The van der Waals surface area contributed by atoms with E-state index >= 15 is 0 Å². The maximum atomic E-state index is 12.0. The van der Waals surface area contributed by atoms with Crippen molar-refractivity contribution in [2.45, 2.75) is 37.3 Å². The molecule has 0 aromatic carbocycles. The number of carbonyl (C=O) groups excluding carboxylic acids is 2. The van der Waals surface area contributed by atoms with Crippen molar-refractivity contribution in [3.05, 3.63) is 0 Å². The zero-order chi connectivity index (χ0) is 11.3. The molecular weight excluding hydrogens is 206 g/mol. The molecule has 16 heavy (non-hydrogen) atoms. The molecule has 1 saturated carbocycles. The van der Waals surface area contributed by atoms with Gasteiger partial charge in [0.25, 0.3) is 0 Å². The quantitative estimate of drug-likeness (QED) is 0.640. The summed E-state index contributed by atoms with van der Waals surface area (Å²) in [6.45, 7) is 2.02. The summed E-state index contributed by atoms with van der Waals surface area (Å²) in [5.74, 6) is 0.331. The third-order valence-corrected chi connectivity index (χ3v) is 4.00. The van der Waals surface area contributed by atoms with Crippen LogP contribution in [-0.2, 0) is 9.59 Å². The summed E-state index contributed by atoms with van der Waals surface area (Å²) in [6, 6.07) is 0.243. The first-order chi connectivity index (χ1) is 7.60. The highest BCUT2D eigenvalue weighted by Gasteiger charge is 2.49. The molecule has 0 aromatic heterocycles. The van der Waals surface area contributed by atoms with Gasteiger partial charge < -0.3 is 15.5 Å². The van der Waals surface area contributed by atoms with Crippen LogP contribution >= 0.6 is 0 Å². The third-order valence-electron chi connectivity index (χ3n) is 4.00. The zero-order valence-corrected chi connectivity index (χ0v) is 9.32. The molecular formula is C11H17N3O2. The Kier molecular flexibility index (Phi) is 2.01. The average Bonchev–Trinajstić information content (AvgIpc) is 2.94. The van der Waals surface area contributed by atoms with Gasteiger partial charge in [-0.3, -0.25) is 9.59 Å². The smallest absolute Gasteiger partial charge is 0.242 e. The minimum Gasteiger partial charge on any atom is -0.337 e. The van der Waals surface area contributed by atoms with Gasteiger partial charge in [0.1, 0.15) is 0 Å². The van der Waals surface area contributed by atoms with Crippen LogP contribution in [0.3, 0.4) is 0 Å². The number of rotatable bonds is 1. The first-order valence-electron chi connectivity index (χ1n) is 5.98. The van der Waals surface area contributed by atoms with Gasteiger partial charge in [-0.15, -0.1) is 0 Å². The molecule has 3 fully saturated rings. The van der Waals surface area contributed by atoms with Gasteiger partial charge in [-0.1, -0.05) is 0 Å². The van der Waals surface area contributed by atoms with Crippen molar-refractivity contribution in [2.24, 2.45) is 5.73 Å². The molecule has 0 bridgehead atoms. The minimum atomic E-state index is -0.565. The van der Waals surface area contributed by atoms with Crippen molar-refractivity contribution in [3.63, 3.8) is 0 Å². The van der Waals surface area contributed by atoms with Crippen LogP contribution in [0.15, 0.2) is 0 Å². The van der Waals surface area contributed by atoms with E-state index < -0.39 is 5.54 Å². The van der Waals surface area contributed by atoms with E-state index in [1.165, 1.54) is 0 Å². The van der Waals surface area contributed by atoms with Crippen LogP contribution < -0.4 is 5.73 Å². The maximum absolute atomic E-state index is 12.0. The first kappa shape index (κ1) is 10.1. The van der Waals surface area contributed by atoms with Gasteiger partial charge in [0.15, 0.2) is 0 Å². The van der Waals surface area contributed by atoms with E-state index in [2.05, 4.69) is 0 Å². The fourth-order valence-electron chi connectivity index (χ4n) is 2.71. The van der Waals surface area contributed by atoms with Gasteiger partial charge in [-0.05, 0) is 19.3 Å². The van der Waals surface area contributed by atoms with Crippen molar-refractivity contribution >= 4 is 11.8 Å². The molecule has 5 heteroatoms. The SMILES string of the molecule is NC1(C(=O)N2CCN3C(=O)CCC3C2)CC1. The van der Waals surface area contributed by atoms with E-state index in [0.717, 1.165) is 19.3 Å². The summed E-state index contributed by atoms with van der Waals surface area (Å²) in [5, 5.41) is 0. The molecule has 88 valence electrons. The van der Waals surface area contributed by atoms with Crippen molar-refractivity contribution < 1.29 is 9.59 Å².